The molecule has 6 rings (SSSR count). The molecule has 0 N–H and O–H groups in total. The van der Waals surface area contributed by atoms with Crippen molar-refractivity contribution in [3.8, 4) is 17.1 Å². The van der Waals surface area contributed by atoms with E-state index in [-0.39, 0.29) is 0 Å². The topological polar surface area (TPSA) is 34.8 Å². The number of benzene rings is 4. The van der Waals surface area contributed by atoms with Crippen LogP contribution in [0.4, 0.5) is 0 Å². The molecule has 0 radical (unpaired) electrons. The van der Waals surface area contributed by atoms with Crippen LogP contribution in [0.5, 0.6) is 0 Å². The fourth-order valence-electron chi connectivity index (χ4n) is 4.72. The van der Waals surface area contributed by atoms with Crippen LogP contribution in [0.3, 0.4) is 0 Å². The maximum Gasteiger partial charge on any atom is 0.299 e. The van der Waals surface area contributed by atoms with Crippen LogP contribution < -0.4 is 4.57 Å². The molecular formula is C27H22N3O+. The van der Waals surface area contributed by atoms with Crippen molar-refractivity contribution >= 4 is 32.9 Å². The third kappa shape index (κ3) is 2.55. The number of aryl methyl sites for hydroxylation is 3. The predicted molar refractivity (Wildman–Crippen MR) is 124 cm³/mol. The monoisotopic (exact) mass is 404 g/mol. The average molecular weight is 404 g/mol. The Kier molecular flexibility index (Phi) is 3.78. The van der Waals surface area contributed by atoms with E-state index in [4.69, 9.17) is 4.42 Å². The molecule has 0 bridgehead atoms. The molecule has 2 heterocycles. The number of fused-ring (bicyclic) bond motifs is 3. The molecule has 0 saturated heterocycles. The maximum atomic E-state index is 6.13. The number of hydrogen-bond donors (Lipinski definition) is 0. The summed E-state index contributed by atoms with van der Waals surface area (Å²) in [7, 11) is 2.13. The zero-order chi connectivity index (χ0) is 21.1. The van der Waals surface area contributed by atoms with Crippen molar-refractivity contribution in [1.82, 2.24) is 9.55 Å². The minimum atomic E-state index is 0.678. The van der Waals surface area contributed by atoms with Gasteiger partial charge in [-0.2, -0.15) is 4.57 Å². The second-order valence-corrected chi connectivity index (χ2v) is 8.04. The molecule has 6 aromatic rings. The lowest BCUT2D eigenvalue weighted by Gasteiger charge is -2.09. The molecule has 4 nitrogen and oxygen atoms in total. The van der Waals surface area contributed by atoms with Crippen molar-refractivity contribution in [3.05, 3.63) is 90.3 Å². The molecule has 0 aliphatic rings. The summed E-state index contributed by atoms with van der Waals surface area (Å²) in [6, 6.07) is 27.7. The van der Waals surface area contributed by atoms with E-state index in [0.717, 1.165) is 44.8 Å². The molecule has 0 amide bonds. The van der Waals surface area contributed by atoms with E-state index in [1.165, 1.54) is 10.8 Å². The summed E-state index contributed by atoms with van der Waals surface area (Å²) < 4.78 is 10.7. The van der Waals surface area contributed by atoms with Crippen molar-refractivity contribution in [3.63, 3.8) is 0 Å². The standard InChI is InChI=1S/C27H22N3O/c1-17-15-16-21-26(31-18(2)28-21)25(17)27-29(3)23-12-6-7-13-24(23)30(27)22-14-8-10-19-9-4-5-11-20(19)22/h4-16H,1-3H3/q+1. The lowest BCUT2D eigenvalue weighted by molar-refractivity contribution is -0.633. The van der Waals surface area contributed by atoms with Crippen molar-refractivity contribution < 1.29 is 8.98 Å². The summed E-state index contributed by atoms with van der Waals surface area (Å²) in [6.07, 6.45) is 0. The fourth-order valence-corrected chi connectivity index (χ4v) is 4.72. The highest BCUT2D eigenvalue weighted by atomic mass is 16.3. The first-order valence-corrected chi connectivity index (χ1v) is 10.5. The van der Waals surface area contributed by atoms with Crippen LogP contribution >= 0.6 is 0 Å². The first-order chi connectivity index (χ1) is 15.1. The molecule has 31 heavy (non-hydrogen) atoms. The molecule has 4 heteroatoms. The second-order valence-electron chi connectivity index (χ2n) is 8.04. The first-order valence-electron chi connectivity index (χ1n) is 10.5. The third-order valence-corrected chi connectivity index (χ3v) is 6.12. The molecule has 4 aromatic carbocycles. The van der Waals surface area contributed by atoms with Gasteiger partial charge in [-0.1, -0.05) is 54.6 Å². The van der Waals surface area contributed by atoms with Crippen LogP contribution in [0.15, 0.2) is 83.3 Å². The molecular weight excluding hydrogens is 382 g/mol. The van der Waals surface area contributed by atoms with Crippen LogP contribution in [0, 0.1) is 13.8 Å². The Labute approximate surface area is 180 Å². The summed E-state index contributed by atoms with van der Waals surface area (Å²) in [5.41, 5.74) is 7.41. The van der Waals surface area contributed by atoms with Crippen LogP contribution in [0.25, 0.3) is 50.0 Å². The number of nitrogens with zero attached hydrogens (tertiary/aromatic N) is 3. The number of hydrogen-bond acceptors (Lipinski definition) is 2. The molecule has 0 fully saturated rings. The Hall–Kier alpha value is -3.92. The highest BCUT2D eigenvalue weighted by molar-refractivity contribution is 5.96. The van der Waals surface area contributed by atoms with E-state index < -0.39 is 0 Å². The molecule has 0 aliphatic heterocycles. The van der Waals surface area contributed by atoms with Gasteiger partial charge >= 0.3 is 0 Å². The van der Waals surface area contributed by atoms with Gasteiger partial charge in [0.05, 0.1) is 7.05 Å². The van der Waals surface area contributed by atoms with Crippen LogP contribution in [0.1, 0.15) is 11.5 Å². The zero-order valence-corrected chi connectivity index (χ0v) is 17.8. The Bertz CT molecular complexity index is 1620. The van der Waals surface area contributed by atoms with E-state index in [2.05, 4.69) is 101 Å². The summed E-state index contributed by atoms with van der Waals surface area (Å²) in [5, 5.41) is 2.43. The molecule has 0 aliphatic carbocycles. The summed E-state index contributed by atoms with van der Waals surface area (Å²) in [5.74, 6) is 1.76. The highest BCUT2D eigenvalue weighted by Crippen LogP contribution is 2.36. The Morgan fingerprint density at radius 3 is 2.52 bits per heavy atom. The summed E-state index contributed by atoms with van der Waals surface area (Å²) >= 11 is 0. The maximum absolute atomic E-state index is 6.13. The average Bonchev–Trinajstić information content (AvgIpc) is 3.30. The van der Waals surface area contributed by atoms with Gasteiger partial charge in [0.15, 0.2) is 22.5 Å². The van der Waals surface area contributed by atoms with Gasteiger partial charge in [-0.15, -0.1) is 0 Å². The van der Waals surface area contributed by atoms with Gasteiger partial charge in [-0.05, 0) is 42.1 Å². The summed E-state index contributed by atoms with van der Waals surface area (Å²) in [4.78, 5) is 4.59. The van der Waals surface area contributed by atoms with Gasteiger partial charge in [0.25, 0.3) is 5.82 Å². The minimum absolute atomic E-state index is 0.678. The van der Waals surface area contributed by atoms with Gasteiger partial charge in [0.2, 0.25) is 0 Å². The first kappa shape index (κ1) is 17.9. The number of oxazole rings is 1. The SMILES string of the molecule is Cc1nc2ccc(C)c(-c3n(-c4cccc5ccccc45)c4ccccc4[n+]3C)c2o1. The van der Waals surface area contributed by atoms with Crippen molar-refractivity contribution in [1.29, 1.82) is 0 Å². The molecule has 0 unspecified atom stereocenters. The quantitative estimate of drug-likeness (QED) is 0.330. The van der Waals surface area contributed by atoms with Crippen LogP contribution in [-0.2, 0) is 7.05 Å². The Balaban J connectivity index is 1.83. The lowest BCUT2D eigenvalue weighted by Crippen LogP contribution is -2.30. The van der Waals surface area contributed by atoms with Gasteiger partial charge in [0, 0.05) is 12.3 Å². The number of rotatable bonds is 2. The third-order valence-electron chi connectivity index (χ3n) is 6.12. The number of para-hydroxylation sites is 2. The predicted octanol–water partition coefficient (Wildman–Crippen LogP) is 6.03. The molecule has 0 atom stereocenters. The van der Waals surface area contributed by atoms with Crippen LogP contribution in [0.2, 0.25) is 0 Å². The highest BCUT2D eigenvalue weighted by Gasteiger charge is 2.30. The molecule has 150 valence electrons. The second kappa shape index (κ2) is 6.54. The van der Waals surface area contributed by atoms with Crippen molar-refractivity contribution in [2.75, 3.05) is 0 Å². The zero-order valence-electron chi connectivity index (χ0n) is 17.8. The van der Waals surface area contributed by atoms with E-state index >= 15 is 0 Å². The van der Waals surface area contributed by atoms with Crippen molar-refractivity contribution in [2.45, 2.75) is 13.8 Å². The van der Waals surface area contributed by atoms with Gasteiger partial charge in [0.1, 0.15) is 16.8 Å². The van der Waals surface area contributed by atoms with Gasteiger partial charge in [-0.3, -0.25) is 0 Å². The van der Waals surface area contributed by atoms with Crippen LogP contribution in [-0.4, -0.2) is 9.55 Å². The molecule has 0 spiro atoms. The van der Waals surface area contributed by atoms with E-state index in [1.54, 1.807) is 0 Å². The number of imidazole rings is 1. The lowest BCUT2D eigenvalue weighted by atomic mass is 10.1. The Morgan fingerprint density at radius 2 is 1.61 bits per heavy atom. The van der Waals surface area contributed by atoms with Crippen molar-refractivity contribution in [2.24, 2.45) is 7.05 Å². The van der Waals surface area contributed by atoms with Gasteiger partial charge < -0.3 is 4.42 Å². The normalized spacial score (nSPS) is 11.7. The minimum Gasteiger partial charge on any atom is -0.440 e. The van der Waals surface area contributed by atoms with E-state index in [0.29, 0.717) is 5.89 Å². The fraction of sp³-hybridized carbons (Fsp3) is 0.111. The van der Waals surface area contributed by atoms with Gasteiger partial charge in [-0.25, -0.2) is 9.55 Å². The van der Waals surface area contributed by atoms with E-state index in [1.807, 2.05) is 13.0 Å². The number of aromatic nitrogens is 3. The molecule has 0 saturated carbocycles. The molecule has 2 aromatic heterocycles. The Morgan fingerprint density at radius 1 is 0.839 bits per heavy atom. The summed E-state index contributed by atoms with van der Waals surface area (Å²) in [6.45, 7) is 4.04. The smallest absolute Gasteiger partial charge is 0.299 e. The van der Waals surface area contributed by atoms with E-state index in [9.17, 15) is 0 Å². The largest absolute Gasteiger partial charge is 0.440 e.